The van der Waals surface area contributed by atoms with Crippen molar-refractivity contribution < 1.29 is 9.53 Å². The Balaban J connectivity index is 1.51. The fourth-order valence-electron chi connectivity index (χ4n) is 2.14. The van der Waals surface area contributed by atoms with E-state index >= 15 is 0 Å². The van der Waals surface area contributed by atoms with E-state index in [9.17, 15) is 4.79 Å². The molecule has 4 rings (SSSR count). The van der Waals surface area contributed by atoms with Gasteiger partial charge in [-0.15, -0.1) is 11.3 Å². The summed E-state index contributed by atoms with van der Waals surface area (Å²) in [7, 11) is 1.68. The van der Waals surface area contributed by atoms with Gasteiger partial charge in [0.1, 0.15) is 20.8 Å². The molecule has 0 saturated heterocycles. The molecule has 0 N–H and O–H groups in total. The van der Waals surface area contributed by atoms with Gasteiger partial charge in [0.25, 0.3) is 0 Å². The smallest absolute Gasteiger partial charge is 0.173 e. The Kier molecular flexibility index (Phi) is 3.85. The van der Waals surface area contributed by atoms with Crippen molar-refractivity contribution in [2.75, 3.05) is 7.11 Å². The summed E-state index contributed by atoms with van der Waals surface area (Å²) in [5.74, 6) is 0. The summed E-state index contributed by atoms with van der Waals surface area (Å²) in [5, 5.41) is 3.19. The number of thioether (sulfide) groups is 2. The lowest BCUT2D eigenvalue weighted by molar-refractivity contribution is 0.112. The van der Waals surface area contributed by atoms with Crippen LogP contribution in [0.2, 0.25) is 0 Å². The summed E-state index contributed by atoms with van der Waals surface area (Å²) in [6.45, 7) is 0. The van der Waals surface area contributed by atoms with Crippen LogP contribution in [-0.2, 0) is 0 Å². The molecule has 112 valence electrons. The second kappa shape index (κ2) is 5.84. The second-order valence-corrected chi connectivity index (χ2v) is 8.90. The number of aldehydes is 1. The molecular formula is C14H10N2O2S4. The number of thiophene rings is 2. The van der Waals surface area contributed by atoms with Crippen LogP contribution in [0.1, 0.15) is 19.4 Å². The molecule has 4 nitrogen and oxygen atoms in total. The number of hydrogen-bond acceptors (Lipinski definition) is 8. The van der Waals surface area contributed by atoms with Crippen LogP contribution < -0.4 is 4.74 Å². The van der Waals surface area contributed by atoms with Crippen LogP contribution >= 0.6 is 46.2 Å². The largest absolute Gasteiger partial charge is 0.487 e. The zero-order valence-corrected chi connectivity index (χ0v) is 14.7. The normalized spacial score (nSPS) is 23.1. The molecule has 0 aliphatic carbocycles. The number of nitrogens with zero attached hydrogens (tertiary/aromatic N) is 2. The van der Waals surface area contributed by atoms with Crippen LogP contribution in [0, 0.1) is 0 Å². The molecule has 2 aromatic heterocycles. The molecule has 22 heavy (non-hydrogen) atoms. The molecule has 4 heterocycles. The third kappa shape index (κ3) is 2.54. The fraction of sp³-hybridized carbons (Fsp3) is 0.214. The summed E-state index contributed by atoms with van der Waals surface area (Å²) in [5.41, 5.74) is 0. The van der Waals surface area contributed by atoms with Crippen molar-refractivity contribution in [3.63, 3.8) is 0 Å². The van der Waals surface area contributed by atoms with Crippen LogP contribution in [0.5, 0.6) is 5.06 Å². The van der Waals surface area contributed by atoms with Gasteiger partial charge >= 0.3 is 0 Å². The van der Waals surface area contributed by atoms with Crippen molar-refractivity contribution in [1.82, 2.24) is 0 Å². The van der Waals surface area contributed by atoms with E-state index in [0.717, 1.165) is 36.1 Å². The molecule has 2 atom stereocenters. The van der Waals surface area contributed by atoms with E-state index in [-0.39, 0.29) is 10.7 Å². The van der Waals surface area contributed by atoms with E-state index < -0.39 is 0 Å². The molecule has 0 spiro atoms. The van der Waals surface area contributed by atoms with E-state index in [4.69, 9.17) is 14.7 Å². The Bertz CT molecular complexity index is 792. The van der Waals surface area contributed by atoms with Gasteiger partial charge in [-0.05, 0) is 24.3 Å². The van der Waals surface area contributed by atoms with Crippen LogP contribution in [-0.4, -0.2) is 34.2 Å². The molecule has 8 heteroatoms. The third-order valence-electron chi connectivity index (χ3n) is 3.14. The highest BCUT2D eigenvalue weighted by molar-refractivity contribution is 8.20. The summed E-state index contributed by atoms with van der Waals surface area (Å²) in [6, 6.07) is 7.80. The van der Waals surface area contributed by atoms with Crippen LogP contribution in [0.25, 0.3) is 0 Å². The maximum absolute atomic E-state index is 10.8. The van der Waals surface area contributed by atoms with E-state index in [1.807, 2.05) is 24.3 Å². The number of carbonyl (C=O) groups is 1. The molecule has 2 aromatic rings. The molecule has 0 fully saturated rings. The van der Waals surface area contributed by atoms with Gasteiger partial charge in [-0.1, -0.05) is 34.9 Å². The summed E-state index contributed by atoms with van der Waals surface area (Å²) in [6.07, 6.45) is 0.879. The number of carbonyl (C=O) groups excluding carboxylic acids is 1. The van der Waals surface area contributed by atoms with Gasteiger partial charge in [-0.25, -0.2) is 0 Å². The standard InChI is InChI=1S/C14H10N2O2S4/c1-18-10-5-4-9(20-10)12-16-14-13(22-12)15-11(21-14)8-3-2-7(6-17)19-8/h2-6,13-14H,1H3. The minimum atomic E-state index is 0.130. The molecule has 0 saturated carbocycles. The lowest BCUT2D eigenvalue weighted by atomic mass is 10.4. The number of methoxy groups -OCH3 is 1. The lowest BCUT2D eigenvalue weighted by Crippen LogP contribution is -2.03. The third-order valence-corrected chi connectivity index (χ3v) is 7.95. The predicted octanol–water partition coefficient (Wildman–Crippen LogP) is 3.97. The van der Waals surface area contributed by atoms with Gasteiger partial charge in [0, 0.05) is 0 Å². The first-order chi connectivity index (χ1) is 10.8. The van der Waals surface area contributed by atoms with Crippen molar-refractivity contribution in [2.45, 2.75) is 10.7 Å². The number of rotatable bonds is 4. The van der Waals surface area contributed by atoms with E-state index in [1.165, 1.54) is 11.3 Å². The van der Waals surface area contributed by atoms with Gasteiger partial charge in [0.2, 0.25) is 0 Å². The molecule has 0 aromatic carbocycles. The summed E-state index contributed by atoms with van der Waals surface area (Å²) < 4.78 is 5.23. The average Bonchev–Trinajstić information content (AvgIpc) is 3.27. The fourth-order valence-corrected chi connectivity index (χ4v) is 6.41. The van der Waals surface area contributed by atoms with Crippen LogP contribution in [0.3, 0.4) is 0 Å². The Labute approximate surface area is 143 Å². The first kappa shape index (κ1) is 14.5. The van der Waals surface area contributed by atoms with Crippen molar-refractivity contribution in [1.29, 1.82) is 0 Å². The van der Waals surface area contributed by atoms with Crippen molar-refractivity contribution in [3.8, 4) is 5.06 Å². The first-order valence-corrected chi connectivity index (χ1v) is 9.84. The molecule has 0 radical (unpaired) electrons. The highest BCUT2D eigenvalue weighted by Gasteiger charge is 2.38. The number of fused-ring (bicyclic) bond motifs is 1. The Morgan fingerprint density at radius 1 is 1.00 bits per heavy atom. The molecule has 2 aliphatic heterocycles. The summed E-state index contributed by atoms with van der Waals surface area (Å²) >= 11 is 6.46. The van der Waals surface area contributed by atoms with Crippen LogP contribution in [0.15, 0.2) is 34.3 Å². The monoisotopic (exact) mass is 366 g/mol. The molecule has 0 amide bonds. The molecule has 2 unspecified atom stereocenters. The van der Waals surface area contributed by atoms with Crippen molar-refractivity contribution >= 4 is 62.6 Å². The van der Waals surface area contributed by atoms with Gasteiger partial charge in [-0.3, -0.25) is 14.8 Å². The zero-order chi connectivity index (χ0) is 15.1. The predicted molar refractivity (Wildman–Crippen MR) is 96.4 cm³/mol. The number of hydrogen-bond donors (Lipinski definition) is 0. The van der Waals surface area contributed by atoms with Crippen molar-refractivity contribution in [2.24, 2.45) is 9.98 Å². The number of aliphatic imine (C=N–C) groups is 2. The van der Waals surface area contributed by atoms with Crippen molar-refractivity contribution in [3.05, 3.63) is 38.9 Å². The van der Waals surface area contributed by atoms with Gasteiger partial charge in [0.15, 0.2) is 11.3 Å². The Morgan fingerprint density at radius 3 is 2.18 bits per heavy atom. The van der Waals surface area contributed by atoms with E-state index in [2.05, 4.69) is 0 Å². The Hall–Kier alpha value is -1.09. The highest BCUT2D eigenvalue weighted by Crippen LogP contribution is 2.45. The topological polar surface area (TPSA) is 51.0 Å². The molecule has 2 aliphatic rings. The quantitative estimate of drug-likeness (QED) is 0.768. The zero-order valence-electron chi connectivity index (χ0n) is 11.4. The average molecular weight is 367 g/mol. The molecule has 0 bridgehead atoms. The Morgan fingerprint density at radius 2 is 1.64 bits per heavy atom. The first-order valence-electron chi connectivity index (χ1n) is 6.45. The maximum atomic E-state index is 10.8. The van der Waals surface area contributed by atoms with E-state index in [0.29, 0.717) is 0 Å². The van der Waals surface area contributed by atoms with Gasteiger partial charge < -0.3 is 4.74 Å². The molecular weight excluding hydrogens is 356 g/mol. The minimum absolute atomic E-state index is 0.130. The van der Waals surface area contributed by atoms with Gasteiger partial charge in [0.05, 0.1) is 21.7 Å². The summed E-state index contributed by atoms with van der Waals surface area (Å²) in [4.78, 5) is 23.3. The van der Waals surface area contributed by atoms with E-state index in [1.54, 1.807) is 42.0 Å². The lowest BCUT2D eigenvalue weighted by Gasteiger charge is -1.99. The number of ether oxygens (including phenoxy) is 1. The maximum Gasteiger partial charge on any atom is 0.173 e. The second-order valence-electron chi connectivity index (χ2n) is 4.53. The van der Waals surface area contributed by atoms with Crippen LogP contribution in [0.4, 0.5) is 0 Å². The highest BCUT2D eigenvalue weighted by atomic mass is 32.2. The minimum Gasteiger partial charge on any atom is -0.487 e. The van der Waals surface area contributed by atoms with Gasteiger partial charge in [-0.2, -0.15) is 0 Å². The SMILES string of the molecule is COc1ccc(C2=NC3SC(c4ccc(C=O)s4)=NC3S2)s1.